The van der Waals surface area contributed by atoms with Crippen LogP contribution in [0.3, 0.4) is 0 Å². The highest BCUT2D eigenvalue weighted by Gasteiger charge is 2.12. The first-order valence-electron chi connectivity index (χ1n) is 3.14. The highest BCUT2D eigenvalue weighted by Crippen LogP contribution is 2.05. The van der Waals surface area contributed by atoms with Crippen LogP contribution >= 0.6 is 0 Å². The Hall–Kier alpha value is -0.530. The predicted molar refractivity (Wildman–Crippen MR) is 34.9 cm³/mol. The maximum atomic E-state index is 4.10. The molecule has 8 heavy (non-hydrogen) atoms. The molecular formula is C6H12N2. The van der Waals surface area contributed by atoms with Gasteiger partial charge in [-0.15, -0.1) is 0 Å². The Bertz CT molecular complexity index is 107. The SMILES string of the molecule is CCC1=NNCC1C. The maximum absolute atomic E-state index is 4.10. The van der Waals surface area contributed by atoms with Crippen molar-refractivity contribution in [3.8, 4) is 0 Å². The fraction of sp³-hybridized carbons (Fsp3) is 0.833. The Labute approximate surface area is 50.0 Å². The van der Waals surface area contributed by atoms with Gasteiger partial charge in [-0.2, -0.15) is 5.10 Å². The van der Waals surface area contributed by atoms with E-state index >= 15 is 0 Å². The van der Waals surface area contributed by atoms with Crippen molar-refractivity contribution in [1.82, 2.24) is 5.43 Å². The predicted octanol–water partition coefficient (Wildman–Crippen LogP) is 0.992. The average Bonchev–Trinajstić information content (AvgIpc) is 2.14. The van der Waals surface area contributed by atoms with E-state index in [4.69, 9.17) is 0 Å². The third-order valence-corrected chi connectivity index (χ3v) is 1.55. The van der Waals surface area contributed by atoms with Crippen molar-refractivity contribution in [2.75, 3.05) is 6.54 Å². The van der Waals surface area contributed by atoms with Crippen LogP contribution in [0.5, 0.6) is 0 Å². The number of nitrogens with zero attached hydrogens (tertiary/aromatic N) is 1. The lowest BCUT2D eigenvalue weighted by Gasteiger charge is -1.98. The summed E-state index contributed by atoms with van der Waals surface area (Å²) in [6, 6.07) is 0. The zero-order chi connectivity index (χ0) is 5.98. The summed E-state index contributed by atoms with van der Waals surface area (Å²) in [4.78, 5) is 0. The molecule has 2 nitrogen and oxygen atoms in total. The molecule has 1 heterocycles. The standard InChI is InChI=1S/C6H12N2/c1-3-6-5(2)4-7-8-6/h5,7H,3-4H2,1-2H3. The third-order valence-electron chi connectivity index (χ3n) is 1.55. The van der Waals surface area contributed by atoms with Gasteiger partial charge in [0.25, 0.3) is 0 Å². The summed E-state index contributed by atoms with van der Waals surface area (Å²) in [5.41, 5.74) is 4.27. The second kappa shape index (κ2) is 2.16. The molecule has 2 heteroatoms. The highest BCUT2D eigenvalue weighted by molar-refractivity contribution is 5.87. The van der Waals surface area contributed by atoms with Crippen LogP contribution in [0.1, 0.15) is 20.3 Å². The fourth-order valence-electron chi connectivity index (χ4n) is 0.940. The molecule has 0 aromatic rings. The molecule has 0 fully saturated rings. The van der Waals surface area contributed by atoms with Gasteiger partial charge in [0.05, 0.1) is 0 Å². The molecule has 1 unspecified atom stereocenters. The second-order valence-electron chi connectivity index (χ2n) is 2.22. The Kier molecular flexibility index (Phi) is 1.51. The molecular weight excluding hydrogens is 100 g/mol. The summed E-state index contributed by atoms with van der Waals surface area (Å²) in [7, 11) is 0. The van der Waals surface area contributed by atoms with Crippen LogP contribution in [0, 0.1) is 5.92 Å². The normalized spacial score (nSPS) is 27.2. The molecule has 0 aromatic carbocycles. The van der Waals surface area contributed by atoms with Crippen molar-refractivity contribution >= 4 is 5.71 Å². The van der Waals surface area contributed by atoms with Crippen molar-refractivity contribution in [2.24, 2.45) is 11.0 Å². The number of hydrogen-bond donors (Lipinski definition) is 1. The van der Waals surface area contributed by atoms with Gasteiger partial charge in [-0.05, 0) is 6.42 Å². The van der Waals surface area contributed by atoms with Crippen LogP contribution < -0.4 is 5.43 Å². The van der Waals surface area contributed by atoms with Crippen LogP contribution in [0.2, 0.25) is 0 Å². The Balaban J connectivity index is 2.49. The molecule has 46 valence electrons. The van der Waals surface area contributed by atoms with E-state index in [0.29, 0.717) is 5.92 Å². The zero-order valence-electron chi connectivity index (χ0n) is 5.44. The molecule has 1 aliphatic heterocycles. The van der Waals surface area contributed by atoms with Crippen molar-refractivity contribution in [3.63, 3.8) is 0 Å². The van der Waals surface area contributed by atoms with E-state index in [1.54, 1.807) is 0 Å². The molecule has 0 amide bonds. The van der Waals surface area contributed by atoms with Gasteiger partial charge in [-0.3, -0.25) is 0 Å². The first kappa shape index (κ1) is 5.60. The largest absolute Gasteiger partial charge is 0.309 e. The summed E-state index contributed by atoms with van der Waals surface area (Å²) in [5.74, 6) is 0.667. The van der Waals surface area contributed by atoms with E-state index < -0.39 is 0 Å². The first-order chi connectivity index (χ1) is 3.84. The van der Waals surface area contributed by atoms with E-state index in [1.165, 1.54) is 5.71 Å². The van der Waals surface area contributed by atoms with Gasteiger partial charge in [-0.1, -0.05) is 13.8 Å². The fourth-order valence-corrected chi connectivity index (χ4v) is 0.940. The summed E-state index contributed by atoms with van der Waals surface area (Å²) in [5, 5.41) is 4.10. The van der Waals surface area contributed by atoms with Gasteiger partial charge < -0.3 is 5.43 Å². The highest BCUT2D eigenvalue weighted by atomic mass is 15.3. The Morgan fingerprint density at radius 1 is 1.88 bits per heavy atom. The second-order valence-corrected chi connectivity index (χ2v) is 2.22. The summed E-state index contributed by atoms with van der Waals surface area (Å²) in [6.07, 6.45) is 1.09. The smallest absolute Gasteiger partial charge is 0.0421 e. The van der Waals surface area contributed by atoms with E-state index in [9.17, 15) is 0 Å². The lowest BCUT2D eigenvalue weighted by molar-refractivity contribution is 0.705. The van der Waals surface area contributed by atoms with Gasteiger partial charge in [0.2, 0.25) is 0 Å². The minimum absolute atomic E-state index is 0.667. The maximum Gasteiger partial charge on any atom is 0.0421 e. The van der Waals surface area contributed by atoms with Crippen molar-refractivity contribution in [3.05, 3.63) is 0 Å². The Morgan fingerprint density at radius 3 is 2.88 bits per heavy atom. The van der Waals surface area contributed by atoms with Gasteiger partial charge in [-0.25, -0.2) is 0 Å². The monoisotopic (exact) mass is 112 g/mol. The van der Waals surface area contributed by atoms with Crippen LogP contribution in [-0.2, 0) is 0 Å². The molecule has 0 spiro atoms. The topological polar surface area (TPSA) is 24.4 Å². The average molecular weight is 112 g/mol. The molecule has 1 atom stereocenters. The van der Waals surface area contributed by atoms with Crippen molar-refractivity contribution in [2.45, 2.75) is 20.3 Å². The van der Waals surface area contributed by atoms with E-state index in [1.807, 2.05) is 0 Å². The molecule has 0 saturated carbocycles. The molecule has 0 saturated heterocycles. The molecule has 0 aromatic heterocycles. The minimum Gasteiger partial charge on any atom is -0.309 e. The molecule has 0 aliphatic carbocycles. The van der Waals surface area contributed by atoms with Crippen molar-refractivity contribution in [1.29, 1.82) is 0 Å². The van der Waals surface area contributed by atoms with Crippen LogP contribution in [0.25, 0.3) is 0 Å². The summed E-state index contributed by atoms with van der Waals surface area (Å²) in [6.45, 7) is 5.37. The molecule has 0 bridgehead atoms. The van der Waals surface area contributed by atoms with Crippen LogP contribution in [0.4, 0.5) is 0 Å². The molecule has 0 radical (unpaired) electrons. The van der Waals surface area contributed by atoms with Gasteiger partial charge in [0.15, 0.2) is 0 Å². The van der Waals surface area contributed by atoms with E-state index in [0.717, 1.165) is 13.0 Å². The third kappa shape index (κ3) is 0.831. The van der Waals surface area contributed by atoms with Crippen LogP contribution in [0.15, 0.2) is 5.10 Å². The van der Waals surface area contributed by atoms with Gasteiger partial charge in [0.1, 0.15) is 0 Å². The minimum atomic E-state index is 0.667. The lowest BCUT2D eigenvalue weighted by Crippen LogP contribution is -2.10. The first-order valence-corrected chi connectivity index (χ1v) is 3.14. The zero-order valence-corrected chi connectivity index (χ0v) is 5.44. The number of hydrazone groups is 1. The number of nitrogens with one attached hydrogen (secondary N) is 1. The quantitative estimate of drug-likeness (QED) is 0.537. The number of hydrogen-bond acceptors (Lipinski definition) is 2. The van der Waals surface area contributed by atoms with Gasteiger partial charge in [0, 0.05) is 18.2 Å². The van der Waals surface area contributed by atoms with Crippen molar-refractivity contribution < 1.29 is 0 Å². The lowest BCUT2D eigenvalue weighted by atomic mass is 10.1. The Morgan fingerprint density at radius 2 is 2.62 bits per heavy atom. The summed E-state index contributed by atoms with van der Waals surface area (Å²) < 4.78 is 0. The summed E-state index contributed by atoms with van der Waals surface area (Å²) >= 11 is 0. The molecule has 1 rings (SSSR count). The number of rotatable bonds is 1. The molecule has 1 N–H and O–H groups in total. The van der Waals surface area contributed by atoms with E-state index in [2.05, 4.69) is 24.4 Å². The van der Waals surface area contributed by atoms with Crippen LogP contribution in [-0.4, -0.2) is 12.3 Å². The van der Waals surface area contributed by atoms with E-state index in [-0.39, 0.29) is 0 Å². The van der Waals surface area contributed by atoms with Gasteiger partial charge >= 0.3 is 0 Å². The molecule has 1 aliphatic rings.